The van der Waals surface area contributed by atoms with Crippen molar-refractivity contribution in [3.8, 4) is 5.75 Å². The lowest BCUT2D eigenvalue weighted by Crippen LogP contribution is -2.45. The molecule has 0 aliphatic carbocycles. The molecule has 114 valence electrons. The Hall–Kier alpha value is -0.370. The molecule has 2 rings (SSSR count). The first kappa shape index (κ1) is 17.7. The van der Waals surface area contributed by atoms with E-state index in [2.05, 4.69) is 14.9 Å². The van der Waals surface area contributed by atoms with Crippen LogP contribution in [-0.4, -0.2) is 60.4 Å². The zero-order chi connectivity index (χ0) is 13.7. The third-order valence-corrected chi connectivity index (χ3v) is 3.29. The first-order valence-electron chi connectivity index (χ1n) is 6.01. The number of rotatable bonds is 5. The topological polar surface area (TPSA) is 73.5 Å². The van der Waals surface area contributed by atoms with Gasteiger partial charge < -0.3 is 15.2 Å². The Bertz CT molecular complexity index is 398. The third-order valence-electron chi connectivity index (χ3n) is 2.76. The average Bonchev–Trinajstić information content (AvgIpc) is 2.39. The van der Waals surface area contributed by atoms with Crippen LogP contribution in [0.2, 0.25) is 10.3 Å². The molecule has 0 saturated carbocycles. The quantitative estimate of drug-likeness (QED) is 0.811. The highest BCUT2D eigenvalue weighted by molar-refractivity contribution is 6.35. The number of nitrogens with two attached hydrogens (primary N) is 1. The van der Waals surface area contributed by atoms with Crippen LogP contribution in [0.3, 0.4) is 0 Å². The van der Waals surface area contributed by atoms with Crippen LogP contribution in [-0.2, 0) is 4.74 Å². The summed E-state index contributed by atoms with van der Waals surface area (Å²) in [5, 5.41) is 0.386. The molecule has 1 saturated heterocycles. The fraction of sp³-hybridized carbons (Fsp3) is 0.636. The van der Waals surface area contributed by atoms with Gasteiger partial charge in [-0.05, 0) is 0 Å². The van der Waals surface area contributed by atoms with Crippen molar-refractivity contribution in [2.75, 3.05) is 39.5 Å². The minimum absolute atomic E-state index is 0. The molecule has 1 unspecified atom stereocenters. The van der Waals surface area contributed by atoms with Gasteiger partial charge in [0.2, 0.25) is 0 Å². The predicted octanol–water partition coefficient (Wildman–Crippen LogP) is 1.24. The first-order valence-corrected chi connectivity index (χ1v) is 6.77. The fourth-order valence-electron chi connectivity index (χ4n) is 1.81. The smallest absolute Gasteiger partial charge is 0.194 e. The van der Waals surface area contributed by atoms with E-state index in [4.69, 9.17) is 38.4 Å². The van der Waals surface area contributed by atoms with Crippen molar-refractivity contribution >= 4 is 35.6 Å². The number of nitrogens with zero attached hydrogens (tertiary/aromatic N) is 3. The van der Waals surface area contributed by atoms with E-state index in [1.807, 2.05) is 0 Å². The van der Waals surface area contributed by atoms with E-state index in [1.165, 1.54) is 6.33 Å². The van der Waals surface area contributed by atoms with Gasteiger partial charge in [-0.15, -0.1) is 12.4 Å². The highest BCUT2D eigenvalue weighted by Crippen LogP contribution is 2.28. The molecule has 9 heteroatoms. The number of hydrogen-bond acceptors (Lipinski definition) is 6. The molecule has 0 spiro atoms. The van der Waals surface area contributed by atoms with Crippen LogP contribution in [0.15, 0.2) is 6.33 Å². The summed E-state index contributed by atoms with van der Waals surface area (Å²) in [6.45, 7) is 4.33. The second-order valence-corrected chi connectivity index (χ2v) is 4.98. The molecule has 1 aliphatic heterocycles. The molecular formula is C11H17Cl3N4O2. The van der Waals surface area contributed by atoms with Crippen molar-refractivity contribution in [2.45, 2.75) is 6.04 Å². The van der Waals surface area contributed by atoms with Gasteiger partial charge in [-0.25, -0.2) is 9.97 Å². The van der Waals surface area contributed by atoms with Crippen LogP contribution >= 0.6 is 35.6 Å². The molecule has 6 nitrogen and oxygen atoms in total. The van der Waals surface area contributed by atoms with E-state index in [-0.39, 0.29) is 34.5 Å². The van der Waals surface area contributed by atoms with Crippen molar-refractivity contribution < 1.29 is 9.47 Å². The lowest BCUT2D eigenvalue weighted by molar-refractivity contribution is 0.0330. The number of halogens is 3. The summed E-state index contributed by atoms with van der Waals surface area (Å²) >= 11 is 11.8. The first-order chi connectivity index (χ1) is 9.16. The molecule has 1 aliphatic rings. The second kappa shape index (κ2) is 8.81. The summed E-state index contributed by atoms with van der Waals surface area (Å²) in [6.07, 6.45) is 1.28. The molecule has 0 aromatic carbocycles. The normalized spacial score (nSPS) is 17.4. The number of ether oxygens (including phenoxy) is 2. The monoisotopic (exact) mass is 342 g/mol. The average molecular weight is 344 g/mol. The lowest BCUT2D eigenvalue weighted by Gasteiger charge is -2.28. The molecule has 1 aromatic rings. The highest BCUT2D eigenvalue weighted by atomic mass is 35.5. The minimum atomic E-state index is -0.134. The molecular weight excluding hydrogens is 327 g/mol. The molecule has 1 atom stereocenters. The van der Waals surface area contributed by atoms with Gasteiger partial charge in [0, 0.05) is 19.6 Å². The number of hydrogen-bond donors (Lipinski definition) is 1. The van der Waals surface area contributed by atoms with Crippen LogP contribution < -0.4 is 10.5 Å². The van der Waals surface area contributed by atoms with Crippen LogP contribution in [0.4, 0.5) is 0 Å². The Morgan fingerprint density at radius 2 is 1.90 bits per heavy atom. The van der Waals surface area contributed by atoms with Crippen molar-refractivity contribution in [3.05, 3.63) is 16.6 Å². The zero-order valence-corrected chi connectivity index (χ0v) is 13.1. The van der Waals surface area contributed by atoms with E-state index >= 15 is 0 Å². The van der Waals surface area contributed by atoms with E-state index in [1.54, 1.807) is 0 Å². The Morgan fingerprint density at radius 1 is 1.30 bits per heavy atom. The molecule has 0 bridgehead atoms. The van der Waals surface area contributed by atoms with Gasteiger partial charge in [-0.1, -0.05) is 23.2 Å². The number of aromatic nitrogens is 2. The maximum absolute atomic E-state index is 6.02. The molecule has 2 heterocycles. The van der Waals surface area contributed by atoms with E-state index < -0.39 is 0 Å². The lowest BCUT2D eigenvalue weighted by atomic mass is 10.3. The van der Waals surface area contributed by atoms with E-state index in [0.717, 1.165) is 32.8 Å². The zero-order valence-electron chi connectivity index (χ0n) is 10.8. The van der Waals surface area contributed by atoms with Crippen LogP contribution in [0.1, 0.15) is 0 Å². The summed E-state index contributed by atoms with van der Waals surface area (Å²) in [5.74, 6) is 0.281. The van der Waals surface area contributed by atoms with Gasteiger partial charge in [-0.2, -0.15) is 0 Å². The second-order valence-electron chi connectivity index (χ2n) is 4.27. The minimum Gasteiger partial charge on any atom is -0.486 e. The van der Waals surface area contributed by atoms with Crippen molar-refractivity contribution in [1.82, 2.24) is 14.9 Å². The summed E-state index contributed by atoms with van der Waals surface area (Å²) in [4.78, 5) is 9.86. The van der Waals surface area contributed by atoms with Gasteiger partial charge in [0.25, 0.3) is 0 Å². The molecule has 2 N–H and O–H groups in total. The van der Waals surface area contributed by atoms with Gasteiger partial charge in [-0.3, -0.25) is 4.90 Å². The Balaban J connectivity index is 0.00000200. The van der Waals surface area contributed by atoms with E-state index in [9.17, 15) is 0 Å². The predicted molar refractivity (Wildman–Crippen MR) is 80.0 cm³/mol. The molecule has 0 amide bonds. The molecule has 0 radical (unpaired) electrons. The van der Waals surface area contributed by atoms with Crippen molar-refractivity contribution in [3.63, 3.8) is 0 Å². The standard InChI is InChI=1S/C11H16Cl2N4O2.ClH/c12-10-9(11(13)16-7-15-10)19-6-8(14)5-17-1-3-18-4-2-17;/h7-8H,1-6,14H2;1H. The van der Waals surface area contributed by atoms with Gasteiger partial charge >= 0.3 is 0 Å². The Morgan fingerprint density at radius 3 is 2.50 bits per heavy atom. The molecule has 1 aromatic heterocycles. The number of morpholine rings is 1. The van der Waals surface area contributed by atoms with Crippen LogP contribution in [0, 0.1) is 0 Å². The molecule has 20 heavy (non-hydrogen) atoms. The summed E-state index contributed by atoms with van der Waals surface area (Å²) in [5.41, 5.74) is 6.02. The summed E-state index contributed by atoms with van der Waals surface area (Å²) in [6, 6.07) is -0.134. The van der Waals surface area contributed by atoms with Crippen molar-refractivity contribution in [2.24, 2.45) is 5.73 Å². The maximum atomic E-state index is 6.02. The van der Waals surface area contributed by atoms with Gasteiger partial charge in [0.15, 0.2) is 16.1 Å². The third kappa shape index (κ3) is 5.20. The Labute approximate surface area is 134 Å². The Kier molecular flexibility index (Phi) is 7.79. The highest BCUT2D eigenvalue weighted by Gasteiger charge is 2.16. The summed E-state index contributed by atoms with van der Waals surface area (Å²) in [7, 11) is 0. The van der Waals surface area contributed by atoms with Gasteiger partial charge in [0.1, 0.15) is 12.9 Å². The fourth-order valence-corrected chi connectivity index (χ4v) is 2.23. The maximum Gasteiger partial charge on any atom is 0.194 e. The van der Waals surface area contributed by atoms with Crippen molar-refractivity contribution in [1.29, 1.82) is 0 Å². The van der Waals surface area contributed by atoms with Crippen LogP contribution in [0.25, 0.3) is 0 Å². The largest absolute Gasteiger partial charge is 0.486 e. The van der Waals surface area contributed by atoms with Crippen LogP contribution in [0.5, 0.6) is 5.75 Å². The van der Waals surface area contributed by atoms with Gasteiger partial charge in [0.05, 0.1) is 19.3 Å². The summed E-state index contributed by atoms with van der Waals surface area (Å²) < 4.78 is 10.8. The van der Waals surface area contributed by atoms with E-state index in [0.29, 0.717) is 6.61 Å². The SMILES string of the molecule is Cl.NC(COc1c(Cl)ncnc1Cl)CN1CCOCC1. The molecule has 1 fully saturated rings.